The molecule has 1 saturated heterocycles. The molecule has 0 radical (unpaired) electrons. The van der Waals surface area contributed by atoms with Gasteiger partial charge in [0, 0.05) is 25.2 Å². The number of anilines is 1. The molecular weight excluding hydrogens is 316 g/mol. The molecule has 1 atom stereocenters. The molecule has 1 amide bonds. The maximum absolute atomic E-state index is 12.3. The van der Waals surface area contributed by atoms with Crippen molar-refractivity contribution in [3.63, 3.8) is 0 Å². The Balaban J connectivity index is 1.55. The lowest BCUT2D eigenvalue weighted by molar-refractivity contribution is 0.0948. The van der Waals surface area contributed by atoms with Crippen LogP contribution in [0.4, 0.5) is 5.69 Å². The topological polar surface area (TPSA) is 50.8 Å². The van der Waals surface area contributed by atoms with E-state index < -0.39 is 0 Å². The second-order valence-corrected chi connectivity index (χ2v) is 6.21. The summed E-state index contributed by atoms with van der Waals surface area (Å²) in [6.45, 7) is 2.56. The Morgan fingerprint density at radius 1 is 1.16 bits per heavy atom. The largest absolute Gasteiger partial charge is 0.497 e. The summed E-state index contributed by atoms with van der Waals surface area (Å²) in [4.78, 5) is 14.6. The summed E-state index contributed by atoms with van der Waals surface area (Å²) in [6, 6.07) is 15.3. The second-order valence-electron chi connectivity index (χ2n) is 6.21. The first-order valence-electron chi connectivity index (χ1n) is 8.51. The molecule has 0 aromatic heterocycles. The minimum Gasteiger partial charge on any atom is -0.497 e. The molecule has 5 heteroatoms. The zero-order valence-corrected chi connectivity index (χ0v) is 14.7. The van der Waals surface area contributed by atoms with Crippen molar-refractivity contribution in [2.45, 2.75) is 6.42 Å². The zero-order valence-electron chi connectivity index (χ0n) is 14.7. The number of methoxy groups -OCH3 is 2. The second kappa shape index (κ2) is 7.92. The third-order valence-corrected chi connectivity index (χ3v) is 4.59. The molecule has 1 aliphatic rings. The van der Waals surface area contributed by atoms with E-state index in [1.165, 1.54) is 0 Å². The number of amides is 1. The van der Waals surface area contributed by atoms with Crippen molar-refractivity contribution >= 4 is 11.6 Å². The van der Waals surface area contributed by atoms with Gasteiger partial charge in [-0.15, -0.1) is 0 Å². The van der Waals surface area contributed by atoms with Crippen LogP contribution in [0.2, 0.25) is 0 Å². The monoisotopic (exact) mass is 340 g/mol. The van der Waals surface area contributed by atoms with E-state index in [0.717, 1.165) is 30.9 Å². The van der Waals surface area contributed by atoms with Crippen molar-refractivity contribution < 1.29 is 14.3 Å². The number of hydrogen-bond donors (Lipinski definition) is 1. The number of carbonyl (C=O) groups excluding carboxylic acids is 1. The maximum atomic E-state index is 12.3. The Labute approximate surface area is 148 Å². The minimum absolute atomic E-state index is 0.0605. The summed E-state index contributed by atoms with van der Waals surface area (Å²) >= 11 is 0. The summed E-state index contributed by atoms with van der Waals surface area (Å²) in [6.07, 6.45) is 1.05. The third-order valence-electron chi connectivity index (χ3n) is 4.59. The fraction of sp³-hybridized carbons (Fsp3) is 0.350. The van der Waals surface area contributed by atoms with Crippen LogP contribution in [-0.2, 0) is 0 Å². The molecule has 1 unspecified atom stereocenters. The van der Waals surface area contributed by atoms with E-state index >= 15 is 0 Å². The highest BCUT2D eigenvalue weighted by Gasteiger charge is 2.25. The predicted molar refractivity (Wildman–Crippen MR) is 98.6 cm³/mol. The Morgan fingerprint density at radius 3 is 2.80 bits per heavy atom. The molecule has 0 spiro atoms. The molecule has 0 bridgehead atoms. The predicted octanol–water partition coefficient (Wildman–Crippen LogP) is 2.96. The van der Waals surface area contributed by atoms with Crippen LogP contribution in [0.25, 0.3) is 0 Å². The van der Waals surface area contributed by atoms with Crippen LogP contribution in [0.1, 0.15) is 16.8 Å². The van der Waals surface area contributed by atoms with E-state index in [2.05, 4.69) is 16.3 Å². The number of benzene rings is 2. The molecule has 5 nitrogen and oxygen atoms in total. The van der Waals surface area contributed by atoms with E-state index in [0.29, 0.717) is 23.8 Å². The van der Waals surface area contributed by atoms with Crippen molar-refractivity contribution in [3.8, 4) is 11.5 Å². The molecule has 2 aromatic rings. The average Bonchev–Trinajstić information content (AvgIpc) is 3.15. The van der Waals surface area contributed by atoms with Gasteiger partial charge in [-0.1, -0.05) is 18.2 Å². The van der Waals surface area contributed by atoms with Gasteiger partial charge in [-0.2, -0.15) is 0 Å². The van der Waals surface area contributed by atoms with Gasteiger partial charge in [0.15, 0.2) is 0 Å². The van der Waals surface area contributed by atoms with Crippen LogP contribution in [0.15, 0.2) is 48.5 Å². The van der Waals surface area contributed by atoms with Gasteiger partial charge in [0.05, 0.1) is 19.9 Å². The first-order valence-corrected chi connectivity index (χ1v) is 8.51. The number of nitrogens with zero attached hydrogens (tertiary/aromatic N) is 1. The van der Waals surface area contributed by atoms with Gasteiger partial charge in [0.2, 0.25) is 0 Å². The first kappa shape index (κ1) is 17.1. The first-order chi connectivity index (χ1) is 12.2. The SMILES string of the molecule is COc1cccc(C(=O)NCC2CCN(c3ccccc3OC)C2)c1. The van der Waals surface area contributed by atoms with E-state index in [9.17, 15) is 4.79 Å². The fourth-order valence-corrected chi connectivity index (χ4v) is 3.21. The number of nitrogens with one attached hydrogen (secondary N) is 1. The van der Waals surface area contributed by atoms with Crippen molar-refractivity contribution in [2.75, 3.05) is 38.8 Å². The quantitative estimate of drug-likeness (QED) is 0.878. The number of ether oxygens (including phenoxy) is 2. The Hall–Kier alpha value is -2.69. The van der Waals surface area contributed by atoms with E-state index in [1.54, 1.807) is 26.4 Å². The highest BCUT2D eigenvalue weighted by molar-refractivity contribution is 5.94. The molecule has 0 aliphatic carbocycles. The van der Waals surface area contributed by atoms with Crippen LogP contribution in [0, 0.1) is 5.92 Å². The van der Waals surface area contributed by atoms with Gasteiger partial charge >= 0.3 is 0 Å². The Kier molecular flexibility index (Phi) is 5.43. The van der Waals surface area contributed by atoms with Gasteiger partial charge in [0.25, 0.3) is 5.91 Å². The molecule has 1 N–H and O–H groups in total. The molecule has 1 aliphatic heterocycles. The summed E-state index contributed by atoms with van der Waals surface area (Å²) < 4.78 is 10.6. The molecule has 0 saturated carbocycles. The van der Waals surface area contributed by atoms with Gasteiger partial charge in [0.1, 0.15) is 11.5 Å². The van der Waals surface area contributed by atoms with Crippen LogP contribution in [-0.4, -0.2) is 39.8 Å². The van der Waals surface area contributed by atoms with Crippen LogP contribution < -0.4 is 19.7 Å². The summed E-state index contributed by atoms with van der Waals surface area (Å²) in [7, 11) is 3.29. The average molecular weight is 340 g/mol. The highest BCUT2D eigenvalue weighted by atomic mass is 16.5. The van der Waals surface area contributed by atoms with Crippen LogP contribution >= 0.6 is 0 Å². The Morgan fingerprint density at radius 2 is 2.00 bits per heavy atom. The fourth-order valence-electron chi connectivity index (χ4n) is 3.21. The number of carbonyl (C=O) groups is 1. The number of hydrogen-bond acceptors (Lipinski definition) is 4. The summed E-state index contributed by atoms with van der Waals surface area (Å²) in [5, 5.41) is 3.04. The lowest BCUT2D eigenvalue weighted by atomic mass is 10.1. The molecule has 1 heterocycles. The molecule has 132 valence electrons. The third kappa shape index (κ3) is 4.05. The van der Waals surface area contributed by atoms with Crippen LogP contribution in [0.3, 0.4) is 0 Å². The maximum Gasteiger partial charge on any atom is 0.251 e. The van der Waals surface area contributed by atoms with Crippen molar-refractivity contribution in [3.05, 3.63) is 54.1 Å². The van der Waals surface area contributed by atoms with Crippen LogP contribution in [0.5, 0.6) is 11.5 Å². The van der Waals surface area contributed by atoms with Gasteiger partial charge in [-0.25, -0.2) is 0 Å². The highest BCUT2D eigenvalue weighted by Crippen LogP contribution is 2.31. The molecule has 3 rings (SSSR count). The van der Waals surface area contributed by atoms with Crippen molar-refractivity contribution in [1.29, 1.82) is 0 Å². The summed E-state index contributed by atoms with van der Waals surface area (Å²) in [5.41, 5.74) is 1.74. The molecule has 25 heavy (non-hydrogen) atoms. The lowest BCUT2D eigenvalue weighted by Gasteiger charge is -2.21. The lowest BCUT2D eigenvalue weighted by Crippen LogP contribution is -2.31. The number of para-hydroxylation sites is 2. The van der Waals surface area contributed by atoms with Gasteiger partial charge in [-0.3, -0.25) is 4.79 Å². The van der Waals surface area contributed by atoms with E-state index in [1.807, 2.05) is 30.3 Å². The minimum atomic E-state index is -0.0605. The smallest absolute Gasteiger partial charge is 0.251 e. The standard InChI is InChI=1S/C20H24N2O3/c1-24-17-7-5-6-16(12-17)20(23)21-13-15-10-11-22(14-15)18-8-3-4-9-19(18)25-2/h3-9,12,15H,10-11,13-14H2,1-2H3,(H,21,23). The zero-order chi connectivity index (χ0) is 17.6. The molecule has 2 aromatic carbocycles. The normalized spacial score (nSPS) is 16.6. The van der Waals surface area contributed by atoms with Gasteiger partial charge in [-0.05, 0) is 42.7 Å². The van der Waals surface area contributed by atoms with Crippen molar-refractivity contribution in [2.24, 2.45) is 5.92 Å². The Bertz CT molecular complexity index is 732. The number of rotatable bonds is 6. The summed E-state index contributed by atoms with van der Waals surface area (Å²) in [5.74, 6) is 1.95. The van der Waals surface area contributed by atoms with E-state index in [4.69, 9.17) is 9.47 Å². The van der Waals surface area contributed by atoms with Gasteiger partial charge < -0.3 is 19.7 Å². The molecule has 1 fully saturated rings. The van der Waals surface area contributed by atoms with Crippen molar-refractivity contribution in [1.82, 2.24) is 5.32 Å². The van der Waals surface area contributed by atoms with E-state index in [-0.39, 0.29) is 5.91 Å². The molecular formula is C20H24N2O3.